The number of carbonyl (C=O) groups excluding carboxylic acids is 2. The van der Waals surface area contributed by atoms with E-state index < -0.39 is 0 Å². The Balaban J connectivity index is 1.64. The van der Waals surface area contributed by atoms with E-state index in [0.29, 0.717) is 30.2 Å². The first kappa shape index (κ1) is 18.9. The Kier molecular flexibility index (Phi) is 6.08. The fourth-order valence-electron chi connectivity index (χ4n) is 2.97. The topological polar surface area (TPSA) is 65.5 Å². The number of halogens is 1. The van der Waals surface area contributed by atoms with Gasteiger partial charge in [0.25, 0.3) is 11.8 Å². The van der Waals surface area contributed by atoms with Crippen LogP contribution in [-0.4, -0.2) is 54.4 Å². The fourth-order valence-corrected chi connectivity index (χ4v) is 3.15. The number of rotatable bonds is 5. The molecule has 7 heteroatoms. The lowest BCUT2D eigenvalue weighted by molar-refractivity contribution is 0.0746. The molecule has 0 bridgehead atoms. The van der Waals surface area contributed by atoms with E-state index in [9.17, 15) is 9.59 Å². The highest BCUT2D eigenvalue weighted by atomic mass is 35.5. The number of pyridine rings is 1. The Morgan fingerprint density at radius 3 is 2.67 bits per heavy atom. The second kappa shape index (κ2) is 8.68. The first-order chi connectivity index (χ1) is 13.1. The minimum absolute atomic E-state index is 0.0964. The maximum atomic E-state index is 12.8. The predicted molar refractivity (Wildman–Crippen MR) is 106 cm³/mol. The summed E-state index contributed by atoms with van der Waals surface area (Å²) in [7, 11) is 0. The molecule has 0 unspecified atom stereocenters. The van der Waals surface area contributed by atoms with E-state index in [2.05, 4.69) is 21.8 Å². The molecule has 2 heterocycles. The summed E-state index contributed by atoms with van der Waals surface area (Å²) in [5.74, 6) is -0.420. The number of hydrogen-bond acceptors (Lipinski definition) is 4. The molecule has 1 saturated heterocycles. The summed E-state index contributed by atoms with van der Waals surface area (Å²) in [5.41, 5.74) is 1.74. The molecule has 1 aliphatic rings. The molecule has 0 radical (unpaired) electrons. The summed E-state index contributed by atoms with van der Waals surface area (Å²) in [4.78, 5) is 32.9. The van der Waals surface area contributed by atoms with Gasteiger partial charge in [-0.2, -0.15) is 0 Å². The van der Waals surface area contributed by atoms with Crippen molar-refractivity contribution in [1.29, 1.82) is 0 Å². The summed E-state index contributed by atoms with van der Waals surface area (Å²) in [6.07, 6.45) is 3.07. The molecule has 0 saturated carbocycles. The number of hydrogen-bond donors (Lipinski definition) is 1. The number of aromatic nitrogens is 1. The first-order valence-corrected chi connectivity index (χ1v) is 9.11. The number of benzene rings is 1. The van der Waals surface area contributed by atoms with Gasteiger partial charge in [0, 0.05) is 55.2 Å². The lowest BCUT2D eigenvalue weighted by Gasteiger charge is -2.36. The summed E-state index contributed by atoms with van der Waals surface area (Å²) < 4.78 is 0. The van der Waals surface area contributed by atoms with E-state index in [1.807, 2.05) is 24.3 Å². The molecule has 1 aliphatic heterocycles. The molecule has 0 spiro atoms. The van der Waals surface area contributed by atoms with E-state index in [4.69, 9.17) is 11.6 Å². The van der Waals surface area contributed by atoms with Crippen LogP contribution in [0.2, 0.25) is 5.02 Å². The van der Waals surface area contributed by atoms with Crippen LogP contribution in [0.3, 0.4) is 0 Å². The molecule has 1 aromatic carbocycles. The molecule has 3 rings (SSSR count). The molecule has 1 fully saturated rings. The second-order valence-electron chi connectivity index (χ2n) is 6.19. The Hall–Kier alpha value is -2.86. The number of amides is 2. The zero-order valence-corrected chi connectivity index (χ0v) is 15.7. The Bertz CT molecular complexity index is 847. The van der Waals surface area contributed by atoms with Gasteiger partial charge in [-0.15, -0.1) is 6.58 Å². The smallest absolute Gasteiger partial charge is 0.270 e. The third-order valence-electron chi connectivity index (χ3n) is 4.39. The van der Waals surface area contributed by atoms with Crippen LogP contribution in [0.1, 0.15) is 20.8 Å². The summed E-state index contributed by atoms with van der Waals surface area (Å²) in [6, 6.07) is 10.9. The van der Waals surface area contributed by atoms with Crippen LogP contribution in [0.4, 0.5) is 5.69 Å². The van der Waals surface area contributed by atoms with Crippen molar-refractivity contribution in [2.75, 3.05) is 37.6 Å². The minimum atomic E-state index is -0.324. The summed E-state index contributed by atoms with van der Waals surface area (Å²) in [5, 5.41) is 3.36. The zero-order chi connectivity index (χ0) is 19.2. The van der Waals surface area contributed by atoms with Crippen LogP contribution in [0.5, 0.6) is 0 Å². The van der Waals surface area contributed by atoms with E-state index in [0.717, 1.165) is 18.8 Å². The zero-order valence-electron chi connectivity index (χ0n) is 14.9. The molecule has 0 aliphatic carbocycles. The van der Waals surface area contributed by atoms with Crippen molar-refractivity contribution in [1.82, 2.24) is 15.2 Å². The van der Waals surface area contributed by atoms with Crippen molar-refractivity contribution in [2.45, 2.75) is 0 Å². The average Bonchev–Trinajstić information content (AvgIpc) is 2.71. The highest BCUT2D eigenvalue weighted by molar-refractivity contribution is 6.30. The molecule has 2 amide bonds. The third-order valence-corrected chi connectivity index (χ3v) is 4.62. The van der Waals surface area contributed by atoms with Crippen molar-refractivity contribution in [3.63, 3.8) is 0 Å². The van der Waals surface area contributed by atoms with Gasteiger partial charge in [-0.1, -0.05) is 23.7 Å². The van der Waals surface area contributed by atoms with Crippen molar-refractivity contribution in [2.24, 2.45) is 0 Å². The molecule has 1 N–H and O–H groups in total. The minimum Gasteiger partial charge on any atom is -0.368 e. The highest BCUT2D eigenvalue weighted by Gasteiger charge is 2.23. The third kappa shape index (κ3) is 4.65. The number of carbonyl (C=O) groups is 2. The fraction of sp³-hybridized carbons (Fsp3) is 0.250. The molecule has 2 aromatic rings. The van der Waals surface area contributed by atoms with Gasteiger partial charge in [-0.3, -0.25) is 14.6 Å². The SMILES string of the molecule is C=CCNC(=O)c1cc(C(=O)N2CCN(c3cccc(Cl)c3)CC2)ccn1. The van der Waals surface area contributed by atoms with Crippen LogP contribution in [0, 0.1) is 0 Å². The van der Waals surface area contributed by atoms with Crippen LogP contribution in [0.25, 0.3) is 0 Å². The van der Waals surface area contributed by atoms with Crippen molar-refractivity contribution in [3.05, 3.63) is 71.5 Å². The second-order valence-corrected chi connectivity index (χ2v) is 6.62. The van der Waals surface area contributed by atoms with Gasteiger partial charge >= 0.3 is 0 Å². The predicted octanol–water partition coefficient (Wildman–Crippen LogP) is 2.61. The maximum absolute atomic E-state index is 12.8. The monoisotopic (exact) mass is 384 g/mol. The van der Waals surface area contributed by atoms with E-state index in [1.54, 1.807) is 17.0 Å². The highest BCUT2D eigenvalue weighted by Crippen LogP contribution is 2.21. The van der Waals surface area contributed by atoms with E-state index in [-0.39, 0.29) is 17.5 Å². The largest absolute Gasteiger partial charge is 0.368 e. The van der Waals surface area contributed by atoms with Crippen molar-refractivity contribution in [3.8, 4) is 0 Å². The van der Waals surface area contributed by atoms with Crippen LogP contribution >= 0.6 is 11.6 Å². The lowest BCUT2D eigenvalue weighted by atomic mass is 10.1. The molecule has 0 atom stereocenters. The molecule has 1 aromatic heterocycles. The van der Waals surface area contributed by atoms with E-state index >= 15 is 0 Å². The van der Waals surface area contributed by atoms with Crippen LogP contribution < -0.4 is 10.2 Å². The average molecular weight is 385 g/mol. The molecular formula is C20H21ClN4O2. The van der Waals surface area contributed by atoms with Gasteiger partial charge in [0.2, 0.25) is 0 Å². The maximum Gasteiger partial charge on any atom is 0.270 e. The van der Waals surface area contributed by atoms with Crippen LogP contribution in [-0.2, 0) is 0 Å². The van der Waals surface area contributed by atoms with Gasteiger partial charge in [0.05, 0.1) is 0 Å². The molecule has 6 nitrogen and oxygen atoms in total. The van der Waals surface area contributed by atoms with Crippen LogP contribution in [0.15, 0.2) is 55.3 Å². The Labute approximate surface area is 163 Å². The number of anilines is 1. The number of nitrogens with one attached hydrogen (secondary N) is 1. The molecule has 140 valence electrons. The quantitative estimate of drug-likeness (QED) is 0.805. The van der Waals surface area contributed by atoms with E-state index in [1.165, 1.54) is 12.3 Å². The number of nitrogens with zero attached hydrogens (tertiary/aromatic N) is 3. The van der Waals surface area contributed by atoms with Gasteiger partial charge in [0.15, 0.2) is 0 Å². The van der Waals surface area contributed by atoms with Gasteiger partial charge < -0.3 is 15.1 Å². The standard InChI is InChI=1S/C20H21ClN4O2/c1-2-7-23-19(26)18-13-15(6-8-22-18)20(27)25-11-9-24(10-12-25)17-5-3-4-16(21)14-17/h2-6,8,13-14H,1,7,9-12H2,(H,23,26). The molecule has 27 heavy (non-hydrogen) atoms. The Morgan fingerprint density at radius 1 is 1.19 bits per heavy atom. The van der Waals surface area contributed by atoms with Gasteiger partial charge in [0.1, 0.15) is 5.69 Å². The number of piperazine rings is 1. The van der Waals surface area contributed by atoms with Crippen molar-refractivity contribution >= 4 is 29.1 Å². The lowest BCUT2D eigenvalue weighted by Crippen LogP contribution is -2.48. The Morgan fingerprint density at radius 2 is 1.96 bits per heavy atom. The summed E-state index contributed by atoms with van der Waals surface area (Å²) in [6.45, 7) is 6.57. The first-order valence-electron chi connectivity index (χ1n) is 8.73. The summed E-state index contributed by atoms with van der Waals surface area (Å²) >= 11 is 6.06. The normalized spacial score (nSPS) is 14.0. The molecular weight excluding hydrogens is 364 g/mol. The van der Waals surface area contributed by atoms with Gasteiger partial charge in [-0.25, -0.2) is 0 Å². The van der Waals surface area contributed by atoms with Gasteiger partial charge in [-0.05, 0) is 30.3 Å². The van der Waals surface area contributed by atoms with Crippen molar-refractivity contribution < 1.29 is 9.59 Å².